The summed E-state index contributed by atoms with van der Waals surface area (Å²) < 4.78 is 5.78. The quantitative estimate of drug-likeness (QED) is 0.806. The van der Waals surface area contributed by atoms with Gasteiger partial charge in [-0.2, -0.15) is 0 Å². The average Bonchev–Trinajstić information content (AvgIpc) is 2.47. The number of ether oxygens (including phenoxy) is 1. The number of hydrogen-bond acceptors (Lipinski definition) is 3. The Morgan fingerprint density at radius 2 is 1.90 bits per heavy atom. The van der Waals surface area contributed by atoms with E-state index in [0.29, 0.717) is 18.0 Å². The van der Waals surface area contributed by atoms with Crippen molar-refractivity contribution >= 4 is 17.2 Å². The maximum absolute atomic E-state index is 8.88. The maximum atomic E-state index is 8.88. The van der Waals surface area contributed by atoms with Crippen molar-refractivity contribution in [2.75, 3.05) is 6.61 Å². The Hall–Kier alpha value is -1.91. The first-order chi connectivity index (χ1) is 10.1. The molecule has 0 heterocycles. The van der Waals surface area contributed by atoms with Crippen LogP contribution in [0.4, 0.5) is 0 Å². The van der Waals surface area contributed by atoms with Gasteiger partial charge in [-0.1, -0.05) is 36.5 Å². The van der Waals surface area contributed by atoms with E-state index in [9.17, 15) is 0 Å². The molecule has 3 N–H and O–H groups in total. The number of rotatable bonds is 6. The van der Waals surface area contributed by atoms with Crippen molar-refractivity contribution < 1.29 is 9.84 Å². The normalized spacial score (nSPS) is 10.4. The number of aliphatic hydroxyl groups is 1. The third kappa shape index (κ3) is 4.28. The van der Waals surface area contributed by atoms with Crippen molar-refractivity contribution in [3.63, 3.8) is 0 Å². The molecule has 2 aromatic rings. The standard InChI is InChI=1S/C17H19NO2S/c1-12-10-14(17(18)21)4-5-15(12)11-20-16-6-2-13(3-7-16)8-9-19/h2-7,10,19H,8-9,11H2,1H3,(H2,18,21). The summed E-state index contributed by atoms with van der Waals surface area (Å²) in [5.41, 5.74) is 9.81. The van der Waals surface area contributed by atoms with Crippen LogP contribution in [-0.2, 0) is 13.0 Å². The van der Waals surface area contributed by atoms with Gasteiger partial charge in [0.2, 0.25) is 0 Å². The van der Waals surface area contributed by atoms with Crippen LogP contribution >= 0.6 is 12.2 Å². The van der Waals surface area contributed by atoms with E-state index in [1.807, 2.05) is 49.4 Å². The molecule has 2 aromatic carbocycles. The van der Waals surface area contributed by atoms with Gasteiger partial charge in [0.05, 0.1) is 0 Å². The fraction of sp³-hybridized carbons (Fsp3) is 0.235. The lowest BCUT2D eigenvalue weighted by atomic mass is 10.1. The number of benzene rings is 2. The molecule has 0 saturated carbocycles. The number of thiocarbonyl (C=S) groups is 1. The molecule has 0 aliphatic rings. The minimum atomic E-state index is 0.161. The zero-order valence-corrected chi connectivity index (χ0v) is 12.8. The van der Waals surface area contributed by atoms with E-state index in [-0.39, 0.29) is 6.61 Å². The van der Waals surface area contributed by atoms with Gasteiger partial charge in [-0.05, 0) is 48.2 Å². The molecule has 0 unspecified atom stereocenters. The predicted molar refractivity (Wildman–Crippen MR) is 88.6 cm³/mol. The Balaban J connectivity index is 2.01. The molecule has 2 rings (SSSR count). The van der Waals surface area contributed by atoms with Gasteiger partial charge in [-0.25, -0.2) is 0 Å². The number of nitrogens with two attached hydrogens (primary N) is 1. The second-order valence-corrected chi connectivity index (χ2v) is 5.35. The summed E-state index contributed by atoms with van der Waals surface area (Å²) in [5, 5.41) is 8.88. The SMILES string of the molecule is Cc1cc(C(N)=S)ccc1COc1ccc(CCO)cc1. The first-order valence-electron chi connectivity index (χ1n) is 6.82. The minimum Gasteiger partial charge on any atom is -0.489 e. The highest BCUT2D eigenvalue weighted by Gasteiger charge is 2.03. The maximum Gasteiger partial charge on any atom is 0.119 e. The molecule has 0 atom stereocenters. The van der Waals surface area contributed by atoms with Gasteiger partial charge in [0, 0.05) is 12.2 Å². The smallest absolute Gasteiger partial charge is 0.119 e. The van der Waals surface area contributed by atoms with Gasteiger partial charge < -0.3 is 15.6 Å². The Labute approximate surface area is 130 Å². The zero-order chi connectivity index (χ0) is 15.2. The average molecular weight is 301 g/mol. The van der Waals surface area contributed by atoms with Gasteiger partial charge in [0.15, 0.2) is 0 Å². The number of aryl methyl sites for hydroxylation is 1. The molecule has 0 saturated heterocycles. The van der Waals surface area contributed by atoms with Gasteiger partial charge in [0.1, 0.15) is 17.3 Å². The summed E-state index contributed by atoms with van der Waals surface area (Å²) in [6.07, 6.45) is 0.667. The largest absolute Gasteiger partial charge is 0.489 e. The van der Waals surface area contributed by atoms with Crippen LogP contribution < -0.4 is 10.5 Å². The van der Waals surface area contributed by atoms with Crippen molar-refractivity contribution in [3.8, 4) is 5.75 Å². The molecular weight excluding hydrogens is 282 g/mol. The molecular formula is C17H19NO2S. The molecule has 0 radical (unpaired) electrons. The summed E-state index contributed by atoms with van der Waals surface area (Å²) in [6, 6.07) is 13.7. The van der Waals surface area contributed by atoms with E-state index in [0.717, 1.165) is 28.0 Å². The van der Waals surface area contributed by atoms with Crippen LogP contribution in [0.15, 0.2) is 42.5 Å². The first kappa shape index (κ1) is 15.5. The van der Waals surface area contributed by atoms with Crippen LogP contribution in [0.3, 0.4) is 0 Å². The third-order valence-corrected chi connectivity index (χ3v) is 3.58. The summed E-state index contributed by atoms with van der Waals surface area (Å²) in [4.78, 5) is 0.407. The molecule has 3 nitrogen and oxygen atoms in total. The van der Waals surface area contributed by atoms with Crippen molar-refractivity contribution in [1.82, 2.24) is 0 Å². The molecule has 0 bridgehead atoms. The summed E-state index contributed by atoms with van der Waals surface area (Å²) in [6.45, 7) is 2.68. The van der Waals surface area contributed by atoms with Crippen molar-refractivity contribution in [3.05, 3.63) is 64.7 Å². The van der Waals surface area contributed by atoms with E-state index < -0.39 is 0 Å². The lowest BCUT2D eigenvalue weighted by Gasteiger charge is -2.10. The molecule has 0 spiro atoms. The van der Waals surface area contributed by atoms with Gasteiger partial charge in [0.25, 0.3) is 0 Å². The topological polar surface area (TPSA) is 55.5 Å². The minimum absolute atomic E-state index is 0.161. The van der Waals surface area contributed by atoms with E-state index in [1.165, 1.54) is 0 Å². The van der Waals surface area contributed by atoms with Crippen LogP contribution in [-0.4, -0.2) is 16.7 Å². The summed E-state index contributed by atoms with van der Waals surface area (Å²) in [5.74, 6) is 0.814. The molecule has 0 fully saturated rings. The van der Waals surface area contributed by atoms with Gasteiger partial charge in [-0.3, -0.25) is 0 Å². The second-order valence-electron chi connectivity index (χ2n) is 4.91. The van der Waals surface area contributed by atoms with Crippen molar-refractivity contribution in [2.45, 2.75) is 20.0 Å². The lowest BCUT2D eigenvalue weighted by Crippen LogP contribution is -2.10. The van der Waals surface area contributed by atoms with Crippen LogP contribution in [0.5, 0.6) is 5.75 Å². The van der Waals surface area contributed by atoms with Crippen molar-refractivity contribution in [2.24, 2.45) is 5.73 Å². The third-order valence-electron chi connectivity index (χ3n) is 3.35. The highest BCUT2D eigenvalue weighted by molar-refractivity contribution is 7.80. The molecule has 0 aromatic heterocycles. The van der Waals surface area contributed by atoms with E-state index in [4.69, 9.17) is 27.8 Å². The van der Waals surface area contributed by atoms with E-state index in [2.05, 4.69) is 0 Å². The van der Waals surface area contributed by atoms with Crippen LogP contribution in [0.25, 0.3) is 0 Å². The predicted octanol–water partition coefficient (Wildman–Crippen LogP) is 2.74. The summed E-state index contributed by atoms with van der Waals surface area (Å²) in [7, 11) is 0. The second kappa shape index (κ2) is 7.20. The van der Waals surface area contributed by atoms with Crippen LogP contribution in [0.2, 0.25) is 0 Å². The van der Waals surface area contributed by atoms with Crippen LogP contribution in [0.1, 0.15) is 22.3 Å². The first-order valence-corrected chi connectivity index (χ1v) is 7.23. The zero-order valence-electron chi connectivity index (χ0n) is 12.0. The molecule has 0 amide bonds. The number of aliphatic hydroxyl groups excluding tert-OH is 1. The highest BCUT2D eigenvalue weighted by Crippen LogP contribution is 2.17. The molecule has 4 heteroatoms. The van der Waals surface area contributed by atoms with Crippen molar-refractivity contribution in [1.29, 1.82) is 0 Å². The molecule has 110 valence electrons. The Morgan fingerprint density at radius 1 is 1.19 bits per heavy atom. The summed E-state index contributed by atoms with van der Waals surface area (Å²) >= 11 is 4.97. The monoisotopic (exact) mass is 301 g/mol. The van der Waals surface area contributed by atoms with Crippen LogP contribution in [0, 0.1) is 6.92 Å². The lowest BCUT2D eigenvalue weighted by molar-refractivity contribution is 0.298. The Kier molecular flexibility index (Phi) is 5.31. The fourth-order valence-corrected chi connectivity index (χ4v) is 2.18. The molecule has 0 aliphatic carbocycles. The Morgan fingerprint density at radius 3 is 2.48 bits per heavy atom. The highest BCUT2D eigenvalue weighted by atomic mass is 32.1. The van der Waals surface area contributed by atoms with E-state index >= 15 is 0 Å². The van der Waals surface area contributed by atoms with E-state index in [1.54, 1.807) is 0 Å². The number of hydrogen-bond donors (Lipinski definition) is 2. The Bertz CT molecular complexity index is 623. The van der Waals surface area contributed by atoms with Gasteiger partial charge >= 0.3 is 0 Å². The fourth-order valence-electron chi connectivity index (χ4n) is 2.05. The molecule has 0 aliphatic heterocycles. The molecule has 21 heavy (non-hydrogen) atoms. The van der Waals surface area contributed by atoms with Gasteiger partial charge in [-0.15, -0.1) is 0 Å².